The Balaban J connectivity index is 1.13. The minimum absolute atomic E-state index is 0.0223. The second-order valence-electron chi connectivity index (χ2n) is 8.25. The molecule has 2 aromatic rings. The fourth-order valence-corrected chi connectivity index (χ4v) is 5.15. The van der Waals surface area contributed by atoms with Crippen molar-refractivity contribution in [3.63, 3.8) is 0 Å². The number of aromatic nitrogens is 1. The summed E-state index contributed by atoms with van der Waals surface area (Å²) in [6, 6.07) is 10.6. The van der Waals surface area contributed by atoms with Crippen molar-refractivity contribution in [2.45, 2.75) is 30.3 Å². The van der Waals surface area contributed by atoms with Gasteiger partial charge in [0.2, 0.25) is 5.88 Å². The summed E-state index contributed by atoms with van der Waals surface area (Å²) in [5.74, 6) is 0.171. The summed E-state index contributed by atoms with van der Waals surface area (Å²) in [6.07, 6.45) is 3.82. The third-order valence-corrected chi connectivity index (χ3v) is 6.65. The average Bonchev–Trinajstić information content (AvgIpc) is 3.05. The number of ether oxygens (including phenoxy) is 1. The van der Waals surface area contributed by atoms with Crippen LogP contribution in [0.15, 0.2) is 42.6 Å². The molecule has 2 bridgehead atoms. The lowest BCUT2D eigenvalue weighted by Crippen LogP contribution is -2.84. The molecule has 1 N–H and O–H groups in total. The van der Waals surface area contributed by atoms with E-state index in [0.717, 1.165) is 24.9 Å². The highest BCUT2D eigenvalue weighted by Crippen LogP contribution is 2.64. The van der Waals surface area contributed by atoms with Gasteiger partial charge in [0.15, 0.2) is 6.61 Å². The Kier molecular flexibility index (Phi) is 4.56. The lowest BCUT2D eigenvalue weighted by atomic mass is 9.43. The summed E-state index contributed by atoms with van der Waals surface area (Å²) < 4.78 is 5.41. The maximum atomic E-state index is 13.0. The Morgan fingerprint density at radius 1 is 1.07 bits per heavy atom. The number of nitrogens with one attached hydrogen (secondary N) is 1. The van der Waals surface area contributed by atoms with E-state index in [4.69, 9.17) is 27.9 Å². The minimum Gasteiger partial charge on any atom is -0.468 e. The molecule has 0 atom stereocenters. The lowest BCUT2D eigenvalue weighted by Gasteiger charge is -2.72. The van der Waals surface area contributed by atoms with E-state index in [1.54, 1.807) is 29.2 Å². The minimum atomic E-state index is -0.220. The number of pyridine rings is 1. The molecule has 3 saturated carbocycles. The van der Waals surface area contributed by atoms with Gasteiger partial charge in [-0.2, -0.15) is 0 Å². The molecule has 1 saturated heterocycles. The van der Waals surface area contributed by atoms with Crippen molar-refractivity contribution < 1.29 is 14.3 Å². The summed E-state index contributed by atoms with van der Waals surface area (Å²) in [5.41, 5.74) is 0.501. The zero-order valence-electron chi connectivity index (χ0n) is 16.1. The van der Waals surface area contributed by atoms with E-state index in [9.17, 15) is 9.59 Å². The van der Waals surface area contributed by atoms with Crippen LogP contribution in [-0.4, -0.2) is 52.6 Å². The van der Waals surface area contributed by atoms with E-state index < -0.39 is 0 Å². The van der Waals surface area contributed by atoms with E-state index in [2.05, 4.69) is 10.3 Å². The first-order valence-corrected chi connectivity index (χ1v) is 10.5. The number of amides is 3. The first-order valence-electron chi connectivity index (χ1n) is 9.78. The maximum Gasteiger partial charge on any atom is 0.325 e. The van der Waals surface area contributed by atoms with Crippen LogP contribution in [-0.2, 0) is 4.79 Å². The van der Waals surface area contributed by atoms with Crippen molar-refractivity contribution in [1.29, 1.82) is 0 Å². The van der Waals surface area contributed by atoms with Gasteiger partial charge in [-0.05, 0) is 49.6 Å². The van der Waals surface area contributed by atoms with Crippen LogP contribution in [0.3, 0.4) is 0 Å². The maximum absolute atomic E-state index is 13.0. The van der Waals surface area contributed by atoms with Crippen molar-refractivity contribution in [2.75, 3.05) is 24.6 Å². The number of hydrogen-bond donors (Lipinski definition) is 1. The SMILES string of the molecule is O=C(COc1ccc(Cl)cn1)NC12CC(N3CCN(c4ccc(Cl)cc4)C3=O)(C1)C2. The van der Waals surface area contributed by atoms with Gasteiger partial charge in [0.25, 0.3) is 5.91 Å². The second kappa shape index (κ2) is 7.03. The van der Waals surface area contributed by atoms with Crippen LogP contribution in [0.2, 0.25) is 10.0 Å². The Bertz CT molecular complexity index is 977. The molecule has 1 aromatic heterocycles. The molecule has 4 fully saturated rings. The molecule has 1 aromatic carbocycles. The van der Waals surface area contributed by atoms with Gasteiger partial charge in [-0.1, -0.05) is 23.2 Å². The highest BCUT2D eigenvalue weighted by molar-refractivity contribution is 6.30. The molecule has 7 nitrogen and oxygen atoms in total. The first kappa shape index (κ1) is 19.5. The van der Waals surface area contributed by atoms with Crippen LogP contribution >= 0.6 is 23.2 Å². The van der Waals surface area contributed by atoms with Crippen molar-refractivity contribution in [1.82, 2.24) is 15.2 Å². The Hall–Kier alpha value is -2.51. The van der Waals surface area contributed by atoms with Gasteiger partial charge in [-0.3, -0.25) is 9.69 Å². The van der Waals surface area contributed by atoms with Crippen LogP contribution < -0.4 is 15.0 Å². The van der Waals surface area contributed by atoms with Crippen LogP contribution in [0.25, 0.3) is 0 Å². The number of nitrogens with zero attached hydrogens (tertiary/aromatic N) is 3. The number of anilines is 1. The second-order valence-corrected chi connectivity index (χ2v) is 9.12. The molecule has 1 aliphatic heterocycles. The van der Waals surface area contributed by atoms with E-state index in [1.165, 1.54) is 6.20 Å². The van der Waals surface area contributed by atoms with Crippen LogP contribution in [0.5, 0.6) is 5.88 Å². The fourth-order valence-electron chi connectivity index (χ4n) is 4.91. The predicted molar refractivity (Wildman–Crippen MR) is 113 cm³/mol. The summed E-state index contributed by atoms with van der Waals surface area (Å²) in [6.45, 7) is 1.25. The molecule has 0 spiro atoms. The molecule has 0 radical (unpaired) electrons. The largest absolute Gasteiger partial charge is 0.468 e. The third-order valence-electron chi connectivity index (χ3n) is 6.18. The standard InChI is InChI=1S/C21H20Cl2N4O3/c22-14-1-4-16(5-2-14)26-7-8-27(19(26)29)21-11-20(12-21,13-21)25-17(28)10-30-18-6-3-15(23)9-24-18/h1-6,9H,7-8,10-13H2,(H,25,28). The van der Waals surface area contributed by atoms with Gasteiger partial charge >= 0.3 is 6.03 Å². The zero-order valence-corrected chi connectivity index (χ0v) is 17.6. The van der Waals surface area contributed by atoms with Crippen molar-refractivity contribution in [3.05, 3.63) is 52.6 Å². The van der Waals surface area contributed by atoms with Gasteiger partial charge < -0.3 is 15.0 Å². The van der Waals surface area contributed by atoms with E-state index in [1.807, 2.05) is 17.0 Å². The molecular formula is C21H20Cl2N4O3. The quantitative estimate of drug-likeness (QED) is 0.736. The van der Waals surface area contributed by atoms with Crippen molar-refractivity contribution >= 4 is 40.8 Å². The molecule has 30 heavy (non-hydrogen) atoms. The van der Waals surface area contributed by atoms with Gasteiger partial charge in [0.05, 0.1) is 10.6 Å². The number of halogens is 2. The fraction of sp³-hybridized carbons (Fsp3) is 0.381. The monoisotopic (exact) mass is 446 g/mol. The predicted octanol–water partition coefficient (Wildman–Crippen LogP) is 3.50. The summed E-state index contributed by atoms with van der Waals surface area (Å²) in [4.78, 5) is 33.0. The third kappa shape index (κ3) is 3.26. The van der Waals surface area contributed by atoms with Crippen LogP contribution in [0.4, 0.5) is 10.5 Å². The average molecular weight is 447 g/mol. The number of benzene rings is 1. The van der Waals surface area contributed by atoms with Gasteiger partial charge in [-0.15, -0.1) is 0 Å². The molecule has 6 rings (SSSR count). The highest BCUT2D eigenvalue weighted by Gasteiger charge is 2.72. The molecule has 156 valence electrons. The molecular weight excluding hydrogens is 427 g/mol. The number of carbonyl (C=O) groups excluding carboxylic acids is 2. The first-order chi connectivity index (χ1) is 14.4. The number of hydrogen-bond acceptors (Lipinski definition) is 4. The highest BCUT2D eigenvalue weighted by atomic mass is 35.5. The molecule has 3 amide bonds. The van der Waals surface area contributed by atoms with E-state index in [0.29, 0.717) is 29.0 Å². The number of rotatable bonds is 6. The molecule has 0 unspecified atom stereocenters. The molecule has 2 heterocycles. The van der Waals surface area contributed by atoms with Crippen LogP contribution in [0, 0.1) is 0 Å². The number of carbonyl (C=O) groups is 2. The van der Waals surface area contributed by atoms with E-state index >= 15 is 0 Å². The topological polar surface area (TPSA) is 74.8 Å². The van der Waals surface area contributed by atoms with Crippen molar-refractivity contribution in [3.8, 4) is 5.88 Å². The van der Waals surface area contributed by atoms with Crippen LogP contribution in [0.1, 0.15) is 19.3 Å². The smallest absolute Gasteiger partial charge is 0.325 e. The summed E-state index contributed by atoms with van der Waals surface area (Å²) >= 11 is 11.7. The summed E-state index contributed by atoms with van der Waals surface area (Å²) in [5, 5.41) is 4.23. The normalized spacial score (nSPS) is 26.8. The van der Waals surface area contributed by atoms with Gasteiger partial charge in [0.1, 0.15) is 0 Å². The summed E-state index contributed by atoms with van der Waals surface area (Å²) in [7, 11) is 0. The lowest BCUT2D eigenvalue weighted by molar-refractivity contribution is -0.165. The van der Waals surface area contributed by atoms with E-state index in [-0.39, 0.29) is 29.6 Å². The van der Waals surface area contributed by atoms with Gasteiger partial charge in [-0.25, -0.2) is 9.78 Å². The molecule has 4 aliphatic rings. The van der Waals surface area contributed by atoms with Gasteiger partial charge in [0, 0.05) is 41.6 Å². The Labute approximate surface area is 183 Å². The number of urea groups is 1. The molecule has 9 heteroatoms. The molecule has 3 aliphatic carbocycles. The Morgan fingerprint density at radius 2 is 1.77 bits per heavy atom. The zero-order chi connectivity index (χ0) is 20.9. The van der Waals surface area contributed by atoms with Crippen molar-refractivity contribution in [2.24, 2.45) is 0 Å². The Morgan fingerprint density at radius 3 is 2.43 bits per heavy atom.